The van der Waals surface area contributed by atoms with E-state index in [0.29, 0.717) is 17.4 Å². The average Bonchev–Trinajstić information content (AvgIpc) is 3.72. The Kier molecular flexibility index (Phi) is 68.3. The molecule has 0 aromatic rings. The normalized spacial score (nSPS) is 14.2. The van der Waals surface area contributed by atoms with Crippen molar-refractivity contribution in [2.24, 2.45) is 0 Å². The number of aliphatic hydroxyl groups excluding tert-OH is 1. The minimum absolute atomic E-state index is 0.0587. The molecule has 0 spiro atoms. The number of hydrogen-bond donors (Lipinski definition) is 3. The van der Waals surface area contributed by atoms with Crippen LogP contribution in [0.25, 0.3) is 0 Å². The molecule has 0 bridgehead atoms. The van der Waals surface area contributed by atoms with Crippen LogP contribution in [0.15, 0.2) is 109 Å². The number of rotatable bonds is 70. The third kappa shape index (κ3) is 72.6. The maximum absolute atomic E-state index is 13.1. The lowest BCUT2D eigenvalue weighted by Crippen LogP contribution is -2.45. The van der Waals surface area contributed by atoms with Gasteiger partial charge in [-0.15, -0.1) is 0 Å². The van der Waals surface area contributed by atoms with Crippen LogP contribution in [0.4, 0.5) is 0 Å². The van der Waals surface area contributed by atoms with Gasteiger partial charge >= 0.3 is 7.82 Å². The van der Waals surface area contributed by atoms with Gasteiger partial charge in [-0.1, -0.05) is 367 Å². The zero-order valence-electron chi connectivity index (χ0n) is 59.9. The molecule has 9 heteroatoms. The van der Waals surface area contributed by atoms with E-state index in [1.165, 1.54) is 238 Å². The smallest absolute Gasteiger partial charge is 0.387 e. The predicted octanol–water partition coefficient (Wildman–Crippen LogP) is 25.0. The molecule has 522 valence electrons. The summed E-state index contributed by atoms with van der Waals surface area (Å²) in [4.78, 5) is 23.5. The first kappa shape index (κ1) is 87.2. The number of aliphatic hydroxyl groups is 1. The second kappa shape index (κ2) is 70.5. The van der Waals surface area contributed by atoms with Gasteiger partial charge in [0.2, 0.25) is 5.91 Å². The van der Waals surface area contributed by atoms with Crippen LogP contribution in [0.1, 0.15) is 348 Å². The number of nitrogens with zero attached hydrogens (tertiary/aromatic N) is 1. The predicted molar refractivity (Wildman–Crippen MR) is 396 cm³/mol. The molecule has 0 aromatic carbocycles. The van der Waals surface area contributed by atoms with E-state index in [4.69, 9.17) is 9.05 Å². The van der Waals surface area contributed by atoms with Crippen molar-refractivity contribution in [3.63, 3.8) is 0 Å². The summed E-state index contributed by atoms with van der Waals surface area (Å²) < 4.78 is 23.9. The van der Waals surface area contributed by atoms with Crippen LogP contribution >= 0.6 is 7.82 Å². The second-order valence-corrected chi connectivity index (χ2v) is 28.5. The Hall–Kier alpha value is -2.84. The third-order valence-electron chi connectivity index (χ3n) is 17.0. The maximum Gasteiger partial charge on any atom is 0.472 e. The lowest BCUT2D eigenvalue weighted by molar-refractivity contribution is -0.870. The van der Waals surface area contributed by atoms with Gasteiger partial charge in [0.15, 0.2) is 0 Å². The Morgan fingerprint density at radius 3 is 0.978 bits per heavy atom. The molecule has 3 N–H and O–H groups in total. The minimum Gasteiger partial charge on any atom is -0.387 e. The van der Waals surface area contributed by atoms with Crippen LogP contribution in [0.2, 0.25) is 0 Å². The van der Waals surface area contributed by atoms with Crippen LogP contribution in [-0.2, 0) is 18.4 Å². The molecule has 90 heavy (non-hydrogen) atoms. The summed E-state index contributed by atoms with van der Waals surface area (Å²) in [5, 5.41) is 14.0. The molecule has 0 fully saturated rings. The maximum atomic E-state index is 13.1. The first-order valence-corrected chi connectivity index (χ1v) is 39.8. The fourth-order valence-electron chi connectivity index (χ4n) is 11.1. The molecular weight excluding hydrogens is 1130 g/mol. The molecular formula is C81H148N2O6P+. The zero-order chi connectivity index (χ0) is 65.5. The molecule has 0 aromatic heterocycles. The number of carbonyl (C=O) groups excluding carboxylic acids is 1. The Labute approximate surface area is 559 Å². The van der Waals surface area contributed by atoms with Crippen molar-refractivity contribution in [2.75, 3.05) is 40.9 Å². The SMILES string of the molecule is CC/C=C\C/C=C\C/C=C\C/C=C\C/C=C\C/C=C\C/C=C\C/C=C\CCCCCCCCCCCCCCCCC(=O)NC(COP(=O)(O)OCC[N+](C)(C)C)C(O)/C=C/CCCCCCCCCCCCCCCCCCCCCCCCCCCCC. The van der Waals surface area contributed by atoms with Gasteiger partial charge in [0.05, 0.1) is 39.9 Å². The van der Waals surface area contributed by atoms with E-state index in [1.807, 2.05) is 27.2 Å². The van der Waals surface area contributed by atoms with Crippen LogP contribution in [0.3, 0.4) is 0 Å². The average molecular weight is 1280 g/mol. The number of phosphoric ester groups is 1. The summed E-state index contributed by atoms with van der Waals surface area (Å²) in [6.45, 7) is 4.74. The number of amides is 1. The molecule has 3 atom stereocenters. The van der Waals surface area contributed by atoms with Crippen molar-refractivity contribution < 1.29 is 32.9 Å². The first-order valence-electron chi connectivity index (χ1n) is 38.3. The molecule has 0 rings (SSSR count). The first-order chi connectivity index (χ1) is 44.0. The van der Waals surface area contributed by atoms with Gasteiger partial charge in [0, 0.05) is 6.42 Å². The van der Waals surface area contributed by atoms with E-state index < -0.39 is 20.0 Å². The van der Waals surface area contributed by atoms with E-state index in [1.54, 1.807) is 6.08 Å². The van der Waals surface area contributed by atoms with E-state index in [-0.39, 0.29) is 19.1 Å². The van der Waals surface area contributed by atoms with Crippen molar-refractivity contribution in [3.8, 4) is 0 Å². The number of unbranched alkanes of at least 4 members (excludes halogenated alkanes) is 41. The highest BCUT2D eigenvalue weighted by atomic mass is 31.2. The lowest BCUT2D eigenvalue weighted by Gasteiger charge is -2.25. The monoisotopic (exact) mass is 1280 g/mol. The fraction of sp³-hybridized carbons (Fsp3) is 0.765. The third-order valence-corrected chi connectivity index (χ3v) is 18.0. The van der Waals surface area contributed by atoms with Crippen molar-refractivity contribution in [1.82, 2.24) is 5.32 Å². The lowest BCUT2D eigenvalue weighted by atomic mass is 10.0. The Bertz CT molecular complexity index is 1840. The number of nitrogens with one attached hydrogen (secondary N) is 1. The van der Waals surface area contributed by atoms with Crippen LogP contribution in [-0.4, -0.2) is 73.4 Å². The molecule has 0 aliphatic carbocycles. The summed E-state index contributed by atoms with van der Waals surface area (Å²) in [5.41, 5.74) is 0. The molecule has 0 aliphatic heterocycles. The summed E-state index contributed by atoms with van der Waals surface area (Å²) in [6, 6.07) is -0.855. The molecule has 0 saturated carbocycles. The van der Waals surface area contributed by atoms with Gasteiger partial charge in [0.1, 0.15) is 13.2 Å². The van der Waals surface area contributed by atoms with Crippen molar-refractivity contribution in [1.29, 1.82) is 0 Å². The van der Waals surface area contributed by atoms with E-state index >= 15 is 0 Å². The molecule has 1 amide bonds. The van der Waals surface area contributed by atoms with E-state index in [9.17, 15) is 19.4 Å². The van der Waals surface area contributed by atoms with Crippen molar-refractivity contribution in [2.45, 2.75) is 360 Å². The van der Waals surface area contributed by atoms with Crippen LogP contribution in [0.5, 0.6) is 0 Å². The quantitative estimate of drug-likeness (QED) is 0.0243. The largest absolute Gasteiger partial charge is 0.472 e. The Balaban J connectivity index is 4.04. The second-order valence-electron chi connectivity index (χ2n) is 27.0. The number of hydrogen-bond acceptors (Lipinski definition) is 5. The van der Waals surface area contributed by atoms with Gasteiger partial charge < -0.3 is 19.8 Å². The van der Waals surface area contributed by atoms with Gasteiger partial charge in [-0.25, -0.2) is 4.57 Å². The fourth-order valence-corrected chi connectivity index (χ4v) is 11.9. The zero-order valence-corrected chi connectivity index (χ0v) is 60.8. The van der Waals surface area contributed by atoms with Crippen LogP contribution < -0.4 is 5.32 Å². The minimum atomic E-state index is -4.36. The van der Waals surface area contributed by atoms with Crippen molar-refractivity contribution in [3.05, 3.63) is 109 Å². The Morgan fingerprint density at radius 2 is 0.667 bits per heavy atom. The topological polar surface area (TPSA) is 105 Å². The number of carbonyl (C=O) groups is 1. The molecule has 0 heterocycles. The highest BCUT2D eigenvalue weighted by Crippen LogP contribution is 2.43. The highest BCUT2D eigenvalue weighted by molar-refractivity contribution is 7.47. The van der Waals surface area contributed by atoms with Crippen LogP contribution in [0, 0.1) is 0 Å². The summed E-state index contributed by atoms with van der Waals surface area (Å²) in [5.74, 6) is -0.176. The van der Waals surface area contributed by atoms with E-state index in [0.717, 1.165) is 89.9 Å². The molecule has 0 aliphatic rings. The summed E-state index contributed by atoms with van der Waals surface area (Å²) in [6.07, 6.45) is 104. The highest BCUT2D eigenvalue weighted by Gasteiger charge is 2.28. The number of allylic oxidation sites excluding steroid dienone is 17. The van der Waals surface area contributed by atoms with Crippen molar-refractivity contribution >= 4 is 13.7 Å². The summed E-state index contributed by atoms with van der Waals surface area (Å²) >= 11 is 0. The van der Waals surface area contributed by atoms with Gasteiger partial charge in [-0.3, -0.25) is 13.8 Å². The Morgan fingerprint density at radius 1 is 0.389 bits per heavy atom. The standard InChI is InChI=1S/C81H147N2O6P/c1-6-8-10-12-14-16-18-20-22-24-26-28-30-32-34-36-37-38-39-40-41-42-43-44-45-47-49-51-53-55-57-59-61-63-65-67-69-71-73-75-81(85)82-79(78-89-90(86,87)88-77-76-83(3,4)5)80(84)74-72-70-68-66-64-62-60-58-56-54-52-50-48-46-35-33-31-29-27-25-23-21-19-17-15-13-11-9-7-2/h8,10,14,16,20,22,26,28,32,34,37-38,40-41,43-44,72,74,79-80,84H,6-7,9,11-13,15,17-19,21,23-25,27,29-31,33,35-36,39,42,45-71,73,75-78H2,1-5H3,(H-,82,85,86,87)/p+1/b10-8-,16-14-,22-20-,28-26-,34-32-,38-37-,41-40-,44-43-,74-72+. The molecule has 3 unspecified atom stereocenters. The van der Waals surface area contributed by atoms with Gasteiger partial charge in [-0.2, -0.15) is 0 Å². The molecule has 0 saturated heterocycles. The van der Waals surface area contributed by atoms with Gasteiger partial charge in [-0.05, 0) is 83.5 Å². The molecule has 0 radical (unpaired) electrons. The van der Waals surface area contributed by atoms with Gasteiger partial charge in [0.25, 0.3) is 0 Å². The van der Waals surface area contributed by atoms with E-state index in [2.05, 4.69) is 116 Å². The number of phosphoric acid groups is 1. The number of quaternary nitrogens is 1. The summed E-state index contributed by atoms with van der Waals surface area (Å²) in [7, 11) is 1.57. The number of likely N-dealkylation sites (N-methyl/N-ethyl adjacent to an activating group) is 1. The molecule has 8 nitrogen and oxygen atoms in total.